The van der Waals surface area contributed by atoms with Crippen LogP contribution in [0.3, 0.4) is 0 Å². The van der Waals surface area contributed by atoms with Crippen molar-refractivity contribution in [2.24, 2.45) is 5.41 Å². The zero-order valence-electron chi connectivity index (χ0n) is 13.0. The second-order valence-corrected chi connectivity index (χ2v) is 6.75. The summed E-state index contributed by atoms with van der Waals surface area (Å²) in [5.74, 6) is -0.610. The molecule has 2 amide bonds. The molecule has 2 aromatic carbocycles. The van der Waals surface area contributed by atoms with Gasteiger partial charge in [0.1, 0.15) is 5.41 Å². The molecule has 0 spiro atoms. The third kappa shape index (κ3) is 3.25. The first-order chi connectivity index (χ1) is 11.4. The number of nitrogens with one attached hydrogen (secondary N) is 2. The van der Waals surface area contributed by atoms with Gasteiger partial charge in [-0.1, -0.05) is 41.4 Å². The Labute approximate surface area is 150 Å². The van der Waals surface area contributed by atoms with Crippen molar-refractivity contribution >= 4 is 46.4 Å². The normalized spacial score (nSPS) is 14.8. The Morgan fingerprint density at radius 2 is 1.62 bits per heavy atom. The van der Waals surface area contributed by atoms with Crippen molar-refractivity contribution in [3.63, 3.8) is 0 Å². The summed E-state index contributed by atoms with van der Waals surface area (Å²) in [6.45, 7) is 1.91. The first-order valence-corrected chi connectivity index (χ1v) is 8.31. The van der Waals surface area contributed by atoms with Gasteiger partial charge in [0, 0.05) is 11.4 Å². The molecule has 0 aromatic heterocycles. The molecular formula is C18H16Cl2N2O2. The number of carbonyl (C=O) groups excluding carboxylic acids is 2. The maximum atomic E-state index is 12.6. The quantitative estimate of drug-likeness (QED) is 0.777. The van der Waals surface area contributed by atoms with Crippen molar-refractivity contribution in [2.75, 3.05) is 10.6 Å². The van der Waals surface area contributed by atoms with E-state index in [0.717, 1.165) is 11.3 Å². The second-order valence-electron chi connectivity index (χ2n) is 5.93. The Morgan fingerprint density at radius 1 is 0.958 bits per heavy atom. The highest BCUT2D eigenvalue weighted by Crippen LogP contribution is 2.47. The summed E-state index contributed by atoms with van der Waals surface area (Å²) < 4.78 is 0. The average Bonchev–Trinajstić information content (AvgIpc) is 3.35. The third-order valence-electron chi connectivity index (χ3n) is 4.19. The molecule has 0 heterocycles. The van der Waals surface area contributed by atoms with Crippen molar-refractivity contribution in [3.05, 3.63) is 58.1 Å². The van der Waals surface area contributed by atoms with Crippen LogP contribution < -0.4 is 10.6 Å². The van der Waals surface area contributed by atoms with Gasteiger partial charge in [0.25, 0.3) is 0 Å². The highest BCUT2D eigenvalue weighted by molar-refractivity contribution is 6.42. The van der Waals surface area contributed by atoms with Crippen LogP contribution in [0.5, 0.6) is 0 Å². The maximum Gasteiger partial charge on any atom is 0.240 e. The highest BCUT2D eigenvalue weighted by Gasteiger charge is 2.56. The summed E-state index contributed by atoms with van der Waals surface area (Å²) in [5.41, 5.74) is 1.17. The van der Waals surface area contributed by atoms with E-state index in [2.05, 4.69) is 10.6 Å². The van der Waals surface area contributed by atoms with Crippen molar-refractivity contribution in [1.29, 1.82) is 0 Å². The van der Waals surface area contributed by atoms with Crippen LogP contribution in [-0.2, 0) is 9.59 Å². The monoisotopic (exact) mass is 362 g/mol. The summed E-state index contributed by atoms with van der Waals surface area (Å²) in [5, 5.41) is 6.37. The molecule has 0 bridgehead atoms. The van der Waals surface area contributed by atoms with Gasteiger partial charge < -0.3 is 10.6 Å². The lowest BCUT2D eigenvalue weighted by molar-refractivity contribution is -0.131. The maximum absolute atomic E-state index is 12.6. The molecule has 0 saturated heterocycles. The van der Waals surface area contributed by atoms with Crippen molar-refractivity contribution < 1.29 is 9.59 Å². The number of halogens is 2. The molecule has 0 atom stereocenters. The summed E-state index contributed by atoms with van der Waals surface area (Å²) in [6.07, 6.45) is 1.05. The van der Waals surface area contributed by atoms with Gasteiger partial charge in [0.05, 0.1) is 10.0 Å². The van der Waals surface area contributed by atoms with Crippen LogP contribution in [0.25, 0.3) is 0 Å². The lowest BCUT2D eigenvalue weighted by Crippen LogP contribution is -2.35. The van der Waals surface area contributed by atoms with Gasteiger partial charge in [0.2, 0.25) is 11.8 Å². The lowest BCUT2D eigenvalue weighted by atomic mass is 10.0. The molecule has 1 aliphatic rings. The molecule has 2 aromatic rings. The largest absolute Gasteiger partial charge is 0.325 e. The van der Waals surface area contributed by atoms with Crippen LogP contribution in [0.1, 0.15) is 18.4 Å². The van der Waals surface area contributed by atoms with Crippen LogP contribution in [0.2, 0.25) is 10.0 Å². The number of benzene rings is 2. The first-order valence-electron chi connectivity index (χ1n) is 7.56. The van der Waals surface area contributed by atoms with E-state index >= 15 is 0 Å². The molecule has 1 aliphatic carbocycles. The number of rotatable bonds is 4. The topological polar surface area (TPSA) is 58.2 Å². The number of hydrogen-bond acceptors (Lipinski definition) is 2. The minimum Gasteiger partial charge on any atom is -0.325 e. The van der Waals surface area contributed by atoms with E-state index in [9.17, 15) is 9.59 Å². The Kier molecular flexibility index (Phi) is 4.52. The fraction of sp³-hybridized carbons (Fsp3) is 0.222. The molecule has 0 radical (unpaired) electrons. The molecule has 4 nitrogen and oxygen atoms in total. The number of carbonyl (C=O) groups is 2. The zero-order valence-corrected chi connectivity index (χ0v) is 14.5. The molecule has 3 rings (SSSR count). The van der Waals surface area contributed by atoms with E-state index in [1.165, 1.54) is 0 Å². The third-order valence-corrected chi connectivity index (χ3v) is 4.93. The molecule has 24 heavy (non-hydrogen) atoms. The van der Waals surface area contributed by atoms with Crippen molar-refractivity contribution in [2.45, 2.75) is 19.8 Å². The van der Waals surface area contributed by atoms with Gasteiger partial charge >= 0.3 is 0 Å². The lowest BCUT2D eigenvalue weighted by Gasteiger charge is -2.16. The molecule has 1 saturated carbocycles. The highest BCUT2D eigenvalue weighted by atomic mass is 35.5. The summed E-state index contributed by atoms with van der Waals surface area (Å²) in [4.78, 5) is 25.1. The van der Waals surface area contributed by atoms with Crippen LogP contribution in [0, 0.1) is 12.3 Å². The van der Waals surface area contributed by atoms with E-state index in [4.69, 9.17) is 23.2 Å². The molecule has 6 heteroatoms. The van der Waals surface area contributed by atoms with Gasteiger partial charge in [-0.3, -0.25) is 9.59 Å². The smallest absolute Gasteiger partial charge is 0.240 e. The molecule has 1 fully saturated rings. The molecule has 0 aliphatic heterocycles. The van der Waals surface area contributed by atoms with Crippen molar-refractivity contribution in [1.82, 2.24) is 0 Å². The van der Waals surface area contributed by atoms with Gasteiger partial charge in [0.15, 0.2) is 0 Å². The first kappa shape index (κ1) is 16.8. The average molecular weight is 363 g/mol. The molecule has 0 unspecified atom stereocenters. The van der Waals surface area contributed by atoms with Crippen LogP contribution in [0.4, 0.5) is 11.4 Å². The number of para-hydroxylation sites is 1. The van der Waals surface area contributed by atoms with E-state index in [0.29, 0.717) is 28.6 Å². The minimum atomic E-state index is -1.02. The van der Waals surface area contributed by atoms with Gasteiger partial charge in [-0.05, 0) is 49.6 Å². The fourth-order valence-corrected chi connectivity index (χ4v) is 2.76. The predicted molar refractivity (Wildman–Crippen MR) is 96.6 cm³/mol. The van der Waals surface area contributed by atoms with Crippen molar-refractivity contribution in [3.8, 4) is 0 Å². The Hall–Kier alpha value is -2.04. The van der Waals surface area contributed by atoms with Gasteiger partial charge in [-0.2, -0.15) is 0 Å². The summed E-state index contributed by atoms with van der Waals surface area (Å²) >= 11 is 11.8. The number of aryl methyl sites for hydroxylation is 1. The molecular weight excluding hydrogens is 347 g/mol. The van der Waals surface area contributed by atoms with E-state index in [1.54, 1.807) is 18.2 Å². The van der Waals surface area contributed by atoms with Crippen LogP contribution >= 0.6 is 23.2 Å². The number of hydrogen-bond donors (Lipinski definition) is 2. The SMILES string of the molecule is Cc1ccccc1NC(=O)C1(C(=O)Nc2ccc(Cl)c(Cl)c2)CC1. The fourth-order valence-electron chi connectivity index (χ4n) is 2.46. The summed E-state index contributed by atoms with van der Waals surface area (Å²) in [6, 6.07) is 12.3. The van der Waals surface area contributed by atoms with E-state index in [1.807, 2.05) is 31.2 Å². The number of anilines is 2. The molecule has 124 valence electrons. The number of amides is 2. The zero-order chi connectivity index (χ0) is 17.3. The minimum absolute atomic E-state index is 0.283. The van der Waals surface area contributed by atoms with E-state index < -0.39 is 5.41 Å². The predicted octanol–water partition coefficient (Wildman–Crippen LogP) is 4.66. The molecule has 2 N–H and O–H groups in total. The van der Waals surface area contributed by atoms with Gasteiger partial charge in [-0.15, -0.1) is 0 Å². The second kappa shape index (κ2) is 6.46. The van der Waals surface area contributed by atoms with Crippen LogP contribution in [-0.4, -0.2) is 11.8 Å². The Bertz CT molecular complexity index is 816. The summed E-state index contributed by atoms with van der Waals surface area (Å²) in [7, 11) is 0. The Morgan fingerprint density at radius 3 is 2.25 bits per heavy atom. The Balaban J connectivity index is 1.73. The van der Waals surface area contributed by atoms with E-state index in [-0.39, 0.29) is 11.8 Å². The van der Waals surface area contributed by atoms with Crippen LogP contribution in [0.15, 0.2) is 42.5 Å². The standard InChI is InChI=1S/C18H16Cl2N2O2/c1-11-4-2-3-5-15(11)22-17(24)18(8-9-18)16(23)21-12-6-7-13(19)14(20)10-12/h2-7,10H,8-9H2,1H3,(H,21,23)(H,22,24). The van der Waals surface area contributed by atoms with Gasteiger partial charge in [-0.25, -0.2) is 0 Å².